The minimum Gasteiger partial charge on any atom is -0.341 e. The van der Waals surface area contributed by atoms with Crippen molar-refractivity contribution in [2.45, 2.75) is 32.6 Å². The average molecular weight is 342 g/mol. The summed E-state index contributed by atoms with van der Waals surface area (Å²) in [7, 11) is -3.28. The second kappa shape index (κ2) is 5.55. The number of aromatic nitrogens is 2. The first-order chi connectivity index (χ1) is 10.8. The molecule has 1 aromatic rings. The highest BCUT2D eigenvalue weighted by Gasteiger charge is 2.59. The van der Waals surface area contributed by atoms with Gasteiger partial charge in [-0.15, -0.1) is 0 Å². The first-order valence-electron chi connectivity index (χ1n) is 7.88. The van der Waals surface area contributed by atoms with Crippen LogP contribution in [0.4, 0.5) is 0 Å². The second-order valence-corrected chi connectivity index (χ2v) is 8.58. The van der Waals surface area contributed by atoms with Crippen molar-refractivity contribution in [2.75, 3.05) is 31.9 Å². The third-order valence-electron chi connectivity index (χ3n) is 4.94. The van der Waals surface area contributed by atoms with Gasteiger partial charge in [0.15, 0.2) is 5.82 Å². The Morgan fingerprint density at radius 1 is 1.35 bits per heavy atom. The third-order valence-corrected chi connectivity index (χ3v) is 6.74. The maximum Gasteiger partial charge on any atom is 0.236 e. The average Bonchev–Trinajstić information content (AvgIpc) is 3.18. The van der Waals surface area contributed by atoms with Crippen LogP contribution < -0.4 is 0 Å². The molecule has 8 nitrogen and oxygen atoms in total. The first kappa shape index (κ1) is 16.4. The molecule has 0 bridgehead atoms. The summed E-state index contributed by atoms with van der Waals surface area (Å²) in [5.74, 6) is 1.08. The van der Waals surface area contributed by atoms with Crippen LogP contribution >= 0.6 is 0 Å². The number of amides is 1. The number of sulfonamides is 1. The highest BCUT2D eigenvalue weighted by atomic mass is 32.2. The summed E-state index contributed by atoms with van der Waals surface area (Å²) in [5.41, 5.74) is -0.589. The fraction of sp³-hybridized carbons (Fsp3) is 0.786. The van der Waals surface area contributed by atoms with E-state index in [1.807, 2.05) is 6.92 Å². The molecule has 0 spiro atoms. The van der Waals surface area contributed by atoms with Crippen molar-refractivity contribution in [3.05, 3.63) is 11.7 Å². The molecule has 1 aromatic heterocycles. The van der Waals surface area contributed by atoms with Gasteiger partial charge in [0.05, 0.1) is 11.2 Å². The van der Waals surface area contributed by atoms with Crippen LogP contribution in [0.2, 0.25) is 0 Å². The highest BCUT2D eigenvalue weighted by Crippen LogP contribution is 2.45. The summed E-state index contributed by atoms with van der Waals surface area (Å²) >= 11 is 0. The number of carbonyl (C=O) groups excluding carboxylic acids is 1. The molecule has 0 unspecified atom stereocenters. The van der Waals surface area contributed by atoms with Crippen LogP contribution in [0.25, 0.3) is 0 Å². The van der Waals surface area contributed by atoms with Gasteiger partial charge in [0, 0.05) is 38.5 Å². The Bertz CT molecular complexity index is 716. The zero-order chi connectivity index (χ0) is 16.8. The van der Waals surface area contributed by atoms with Gasteiger partial charge in [0.25, 0.3) is 0 Å². The Morgan fingerprint density at radius 2 is 2.09 bits per heavy atom. The monoisotopic (exact) mass is 342 g/mol. The summed E-state index contributed by atoms with van der Waals surface area (Å²) < 4.78 is 31.4. The zero-order valence-electron chi connectivity index (χ0n) is 13.7. The van der Waals surface area contributed by atoms with E-state index in [-0.39, 0.29) is 17.6 Å². The second-order valence-electron chi connectivity index (χ2n) is 6.32. The van der Waals surface area contributed by atoms with Crippen LogP contribution in [0.1, 0.15) is 32.0 Å². The lowest BCUT2D eigenvalue weighted by atomic mass is 9.81. The van der Waals surface area contributed by atoms with Gasteiger partial charge in [0.1, 0.15) is 0 Å². The third kappa shape index (κ3) is 2.55. The van der Waals surface area contributed by atoms with E-state index >= 15 is 0 Å². The standard InChI is InChI=1S/C14H22N4O4S/c1-4-12(19)17-6-11-7-18(23(20,21)5-2)9-14(11,8-17)13-15-10(3)16-22-13/h11H,4-9H2,1-3H3/t11-,14-/m0/s1. The van der Waals surface area contributed by atoms with Crippen molar-refractivity contribution >= 4 is 15.9 Å². The minimum absolute atomic E-state index is 0.0147. The SMILES string of the molecule is CCC(=O)N1C[C@H]2CN(S(=O)(=O)CC)C[C@@]2(c2nc(C)no2)C1. The molecule has 128 valence electrons. The number of likely N-dealkylation sites (tertiary alicyclic amines) is 1. The molecule has 3 rings (SSSR count). The fourth-order valence-electron chi connectivity index (χ4n) is 3.63. The molecule has 0 saturated carbocycles. The molecule has 9 heteroatoms. The van der Waals surface area contributed by atoms with Crippen LogP contribution in [0.3, 0.4) is 0 Å². The van der Waals surface area contributed by atoms with Crippen LogP contribution in [0, 0.1) is 12.8 Å². The lowest BCUT2D eigenvalue weighted by Crippen LogP contribution is -2.41. The number of aryl methyl sites for hydroxylation is 1. The Kier molecular flexibility index (Phi) is 3.96. The topological polar surface area (TPSA) is 96.6 Å². The number of hydrogen-bond acceptors (Lipinski definition) is 6. The van der Waals surface area contributed by atoms with Crippen LogP contribution in [-0.2, 0) is 20.2 Å². The van der Waals surface area contributed by atoms with Gasteiger partial charge in [-0.1, -0.05) is 12.1 Å². The maximum atomic E-state index is 12.3. The van der Waals surface area contributed by atoms with E-state index in [9.17, 15) is 13.2 Å². The molecule has 2 atom stereocenters. The van der Waals surface area contributed by atoms with Gasteiger partial charge in [-0.2, -0.15) is 4.98 Å². The van der Waals surface area contributed by atoms with E-state index in [0.29, 0.717) is 44.3 Å². The van der Waals surface area contributed by atoms with E-state index in [1.54, 1.807) is 18.7 Å². The molecule has 2 fully saturated rings. The molecule has 3 heterocycles. The zero-order valence-corrected chi connectivity index (χ0v) is 14.5. The number of hydrogen-bond donors (Lipinski definition) is 0. The molecule has 2 saturated heterocycles. The Hall–Kier alpha value is -1.48. The van der Waals surface area contributed by atoms with Crippen molar-refractivity contribution < 1.29 is 17.7 Å². The van der Waals surface area contributed by atoms with Crippen LogP contribution in [-0.4, -0.2) is 65.6 Å². The predicted octanol–water partition coefficient (Wildman–Crippen LogP) is 0.150. The lowest BCUT2D eigenvalue weighted by Gasteiger charge is -2.25. The van der Waals surface area contributed by atoms with E-state index in [2.05, 4.69) is 10.1 Å². The Balaban J connectivity index is 1.97. The molecule has 0 N–H and O–H groups in total. The minimum atomic E-state index is -3.28. The summed E-state index contributed by atoms with van der Waals surface area (Å²) in [6.07, 6.45) is 0.433. The van der Waals surface area contributed by atoms with Crippen LogP contribution in [0.5, 0.6) is 0 Å². The first-order valence-corrected chi connectivity index (χ1v) is 9.49. The lowest BCUT2D eigenvalue weighted by molar-refractivity contribution is -0.130. The molecule has 0 aromatic carbocycles. The van der Waals surface area contributed by atoms with E-state index in [1.165, 1.54) is 4.31 Å². The normalized spacial score (nSPS) is 28.3. The quantitative estimate of drug-likeness (QED) is 0.773. The Morgan fingerprint density at radius 3 is 2.65 bits per heavy atom. The summed E-state index contributed by atoms with van der Waals surface area (Å²) in [5, 5.41) is 3.86. The molecule has 2 aliphatic heterocycles. The van der Waals surface area contributed by atoms with E-state index in [4.69, 9.17) is 4.52 Å². The number of carbonyl (C=O) groups is 1. The van der Waals surface area contributed by atoms with Crippen molar-refractivity contribution in [1.82, 2.24) is 19.3 Å². The number of nitrogens with zero attached hydrogens (tertiary/aromatic N) is 4. The highest BCUT2D eigenvalue weighted by molar-refractivity contribution is 7.89. The molecular formula is C14H22N4O4S. The molecule has 0 radical (unpaired) electrons. The van der Waals surface area contributed by atoms with E-state index < -0.39 is 15.4 Å². The largest absolute Gasteiger partial charge is 0.341 e. The fourth-order valence-corrected chi connectivity index (χ4v) is 4.83. The van der Waals surface area contributed by atoms with Gasteiger partial charge in [-0.05, 0) is 13.8 Å². The summed E-state index contributed by atoms with van der Waals surface area (Å²) in [4.78, 5) is 18.2. The number of fused-ring (bicyclic) bond motifs is 1. The molecule has 1 amide bonds. The van der Waals surface area contributed by atoms with Gasteiger partial charge in [0.2, 0.25) is 21.8 Å². The van der Waals surface area contributed by atoms with Crippen molar-refractivity contribution in [3.8, 4) is 0 Å². The molecule has 0 aliphatic carbocycles. The van der Waals surface area contributed by atoms with Gasteiger partial charge < -0.3 is 9.42 Å². The van der Waals surface area contributed by atoms with Crippen molar-refractivity contribution in [3.63, 3.8) is 0 Å². The van der Waals surface area contributed by atoms with Gasteiger partial charge in [-0.25, -0.2) is 12.7 Å². The van der Waals surface area contributed by atoms with Gasteiger partial charge >= 0.3 is 0 Å². The summed E-state index contributed by atoms with van der Waals surface area (Å²) in [6, 6.07) is 0. The Labute approximate surface area is 135 Å². The summed E-state index contributed by atoms with van der Waals surface area (Å²) in [6.45, 7) is 6.85. The smallest absolute Gasteiger partial charge is 0.236 e. The molecule has 2 aliphatic rings. The van der Waals surface area contributed by atoms with Gasteiger partial charge in [-0.3, -0.25) is 4.79 Å². The number of rotatable bonds is 4. The molecular weight excluding hydrogens is 320 g/mol. The molecule has 23 heavy (non-hydrogen) atoms. The maximum absolute atomic E-state index is 12.3. The predicted molar refractivity (Wildman–Crippen MR) is 82.1 cm³/mol. The van der Waals surface area contributed by atoms with Crippen LogP contribution in [0.15, 0.2) is 4.52 Å². The van der Waals surface area contributed by atoms with Crippen molar-refractivity contribution in [1.29, 1.82) is 0 Å². The van der Waals surface area contributed by atoms with E-state index in [0.717, 1.165) is 0 Å². The van der Waals surface area contributed by atoms with Crippen molar-refractivity contribution in [2.24, 2.45) is 5.92 Å².